The first-order chi connectivity index (χ1) is 7.27. The summed E-state index contributed by atoms with van der Waals surface area (Å²) in [7, 11) is 0. The summed E-state index contributed by atoms with van der Waals surface area (Å²) < 4.78 is 9.53. The molecule has 0 bridgehead atoms. The quantitative estimate of drug-likeness (QED) is 0.808. The number of aromatic nitrogens is 1. The molecule has 0 unspecified atom stereocenters. The second-order valence-electron chi connectivity index (χ2n) is 2.80. The number of benzene rings is 1. The first-order valence-corrected chi connectivity index (χ1v) is 4.24. The molecule has 1 amide bonds. The van der Waals surface area contributed by atoms with E-state index in [2.05, 4.69) is 5.16 Å². The van der Waals surface area contributed by atoms with E-state index >= 15 is 0 Å². The van der Waals surface area contributed by atoms with Crippen LogP contribution < -0.4 is 10.5 Å². The lowest BCUT2D eigenvalue weighted by Crippen LogP contribution is -2.16. The molecule has 0 aliphatic carbocycles. The van der Waals surface area contributed by atoms with Gasteiger partial charge in [-0.3, -0.25) is 0 Å². The number of carbonyl (C=O) groups excluding carboxylic acids is 1. The predicted molar refractivity (Wildman–Crippen MR) is 52.2 cm³/mol. The van der Waals surface area contributed by atoms with Crippen molar-refractivity contribution in [2.24, 2.45) is 5.73 Å². The highest BCUT2D eigenvalue weighted by Crippen LogP contribution is 2.28. The van der Waals surface area contributed by atoms with Gasteiger partial charge in [0.05, 0.1) is 0 Å². The molecule has 76 valence electrons. The summed E-state index contributed by atoms with van der Waals surface area (Å²) in [6.45, 7) is 0. The zero-order valence-electron chi connectivity index (χ0n) is 7.71. The van der Waals surface area contributed by atoms with Crippen molar-refractivity contribution in [3.8, 4) is 17.0 Å². The maximum Gasteiger partial charge on any atom is 0.409 e. The van der Waals surface area contributed by atoms with Crippen LogP contribution in [0.4, 0.5) is 4.79 Å². The lowest BCUT2D eigenvalue weighted by atomic mass is 10.1. The van der Waals surface area contributed by atoms with Crippen molar-refractivity contribution in [3.63, 3.8) is 0 Å². The molecule has 0 saturated heterocycles. The highest BCUT2D eigenvalue weighted by molar-refractivity contribution is 5.74. The van der Waals surface area contributed by atoms with Crippen molar-refractivity contribution in [2.45, 2.75) is 0 Å². The smallest absolute Gasteiger partial charge is 0.409 e. The van der Waals surface area contributed by atoms with Gasteiger partial charge < -0.3 is 15.0 Å². The Labute approximate surface area is 85.4 Å². The summed E-state index contributed by atoms with van der Waals surface area (Å²) in [4.78, 5) is 10.6. The normalized spacial score (nSPS) is 9.87. The van der Waals surface area contributed by atoms with Crippen LogP contribution in [0.1, 0.15) is 0 Å². The molecule has 0 aliphatic heterocycles. The van der Waals surface area contributed by atoms with Crippen molar-refractivity contribution in [3.05, 3.63) is 36.6 Å². The zero-order valence-corrected chi connectivity index (χ0v) is 7.71. The summed E-state index contributed by atoms with van der Waals surface area (Å²) in [6.07, 6.45) is 0.585. The second kappa shape index (κ2) is 3.83. The summed E-state index contributed by atoms with van der Waals surface area (Å²) in [5, 5.41) is 3.75. The summed E-state index contributed by atoms with van der Waals surface area (Å²) in [5.41, 5.74) is 6.19. The molecule has 1 aromatic carbocycles. The van der Waals surface area contributed by atoms with Crippen LogP contribution in [0.2, 0.25) is 0 Å². The molecule has 0 radical (unpaired) electrons. The number of rotatable bonds is 2. The molecule has 2 aromatic rings. The number of nitrogens with two attached hydrogens (primary N) is 1. The lowest BCUT2D eigenvalue weighted by molar-refractivity contribution is 0.211. The second-order valence-corrected chi connectivity index (χ2v) is 2.80. The minimum absolute atomic E-state index is 0.360. The number of nitrogens with zero attached hydrogens (tertiary/aromatic N) is 1. The van der Waals surface area contributed by atoms with E-state index in [0.717, 1.165) is 0 Å². The molecule has 5 heteroatoms. The Morgan fingerprint density at radius 3 is 2.80 bits per heavy atom. The number of carbonyl (C=O) groups is 1. The Morgan fingerprint density at radius 2 is 2.13 bits per heavy atom. The molecule has 1 heterocycles. The van der Waals surface area contributed by atoms with Crippen molar-refractivity contribution in [1.82, 2.24) is 5.16 Å². The van der Waals surface area contributed by atoms with Crippen LogP contribution in [0.25, 0.3) is 11.3 Å². The first kappa shape index (κ1) is 9.26. The van der Waals surface area contributed by atoms with Crippen molar-refractivity contribution in [1.29, 1.82) is 0 Å². The molecule has 15 heavy (non-hydrogen) atoms. The van der Waals surface area contributed by atoms with Crippen LogP contribution in [0.15, 0.2) is 41.1 Å². The molecule has 2 N–H and O–H groups in total. The van der Waals surface area contributed by atoms with Gasteiger partial charge >= 0.3 is 6.09 Å². The molecule has 0 spiro atoms. The predicted octanol–water partition coefficient (Wildman–Crippen LogP) is 1.80. The number of amides is 1. The SMILES string of the molecule is NC(=O)Oc1ccccc1-c1ccon1. The number of primary amides is 1. The Balaban J connectivity index is 2.42. The van der Waals surface area contributed by atoms with Gasteiger partial charge in [-0.25, -0.2) is 4.79 Å². The van der Waals surface area contributed by atoms with Gasteiger partial charge in [0.1, 0.15) is 17.7 Å². The maximum absolute atomic E-state index is 10.6. The molecule has 2 rings (SSSR count). The van der Waals surface area contributed by atoms with E-state index in [1.165, 1.54) is 6.26 Å². The van der Waals surface area contributed by atoms with Gasteiger partial charge in [-0.1, -0.05) is 17.3 Å². The van der Waals surface area contributed by atoms with Gasteiger partial charge in [0.25, 0.3) is 0 Å². The largest absolute Gasteiger partial charge is 0.410 e. The third-order valence-corrected chi connectivity index (χ3v) is 1.81. The minimum atomic E-state index is -0.856. The van der Waals surface area contributed by atoms with Crippen LogP contribution in [0.3, 0.4) is 0 Å². The van der Waals surface area contributed by atoms with Crippen LogP contribution in [-0.2, 0) is 0 Å². The molecule has 1 aromatic heterocycles. The van der Waals surface area contributed by atoms with Crippen LogP contribution >= 0.6 is 0 Å². The molecule has 0 atom stereocenters. The van der Waals surface area contributed by atoms with E-state index in [4.69, 9.17) is 15.0 Å². The van der Waals surface area contributed by atoms with Crippen LogP contribution in [0.5, 0.6) is 5.75 Å². The molecular weight excluding hydrogens is 196 g/mol. The van der Waals surface area contributed by atoms with Gasteiger partial charge in [0, 0.05) is 11.6 Å². The topological polar surface area (TPSA) is 78.4 Å². The highest BCUT2D eigenvalue weighted by atomic mass is 16.5. The lowest BCUT2D eigenvalue weighted by Gasteiger charge is -2.04. The van der Waals surface area contributed by atoms with Crippen LogP contribution in [-0.4, -0.2) is 11.2 Å². The van der Waals surface area contributed by atoms with Crippen LogP contribution in [0, 0.1) is 0 Å². The minimum Gasteiger partial charge on any atom is -0.410 e. The average Bonchev–Trinajstić information content (AvgIpc) is 2.70. The fourth-order valence-corrected chi connectivity index (χ4v) is 1.23. The van der Waals surface area contributed by atoms with Crippen molar-refractivity contribution in [2.75, 3.05) is 0 Å². The molecule has 0 aliphatic rings. The Kier molecular flexibility index (Phi) is 2.37. The van der Waals surface area contributed by atoms with Gasteiger partial charge in [-0.15, -0.1) is 0 Å². The van der Waals surface area contributed by atoms with E-state index in [1.54, 1.807) is 30.3 Å². The highest BCUT2D eigenvalue weighted by Gasteiger charge is 2.09. The van der Waals surface area contributed by atoms with Gasteiger partial charge in [-0.2, -0.15) is 0 Å². The third kappa shape index (κ3) is 1.96. The van der Waals surface area contributed by atoms with E-state index in [9.17, 15) is 4.79 Å². The van der Waals surface area contributed by atoms with Gasteiger partial charge in [-0.05, 0) is 12.1 Å². The van der Waals surface area contributed by atoms with E-state index < -0.39 is 6.09 Å². The third-order valence-electron chi connectivity index (χ3n) is 1.81. The van der Waals surface area contributed by atoms with Gasteiger partial charge in [0.2, 0.25) is 0 Å². The fourth-order valence-electron chi connectivity index (χ4n) is 1.23. The first-order valence-electron chi connectivity index (χ1n) is 4.24. The van der Waals surface area contributed by atoms with E-state index in [1.807, 2.05) is 0 Å². The van der Waals surface area contributed by atoms with E-state index in [-0.39, 0.29) is 0 Å². The monoisotopic (exact) mass is 204 g/mol. The standard InChI is InChI=1S/C10H8N2O3/c11-10(13)15-9-4-2-1-3-7(9)8-5-6-14-12-8/h1-6H,(H2,11,13). The number of hydrogen-bond acceptors (Lipinski definition) is 4. The Hall–Kier alpha value is -2.30. The average molecular weight is 204 g/mol. The number of ether oxygens (including phenoxy) is 1. The summed E-state index contributed by atoms with van der Waals surface area (Å²) >= 11 is 0. The molecule has 0 fully saturated rings. The molecule has 0 saturated carbocycles. The Bertz CT molecular complexity index is 465. The summed E-state index contributed by atoms with van der Waals surface area (Å²) in [6, 6.07) is 8.60. The molecular formula is C10H8N2O3. The summed E-state index contributed by atoms with van der Waals surface area (Å²) in [5.74, 6) is 0.360. The fraction of sp³-hybridized carbons (Fsp3) is 0. The van der Waals surface area contributed by atoms with Gasteiger partial charge in [0.15, 0.2) is 0 Å². The van der Waals surface area contributed by atoms with Crippen molar-refractivity contribution >= 4 is 6.09 Å². The van der Waals surface area contributed by atoms with Crippen molar-refractivity contribution < 1.29 is 14.1 Å². The molecule has 5 nitrogen and oxygen atoms in total. The Morgan fingerprint density at radius 1 is 1.33 bits per heavy atom. The maximum atomic E-state index is 10.6. The number of para-hydroxylation sites is 1. The van der Waals surface area contributed by atoms with E-state index in [0.29, 0.717) is 17.0 Å². The zero-order chi connectivity index (χ0) is 10.7. The number of hydrogen-bond donors (Lipinski definition) is 1.